The standard InChI is InChI=1S/C10H11F3N2O/c1-6-3-4-7(15-9(16)14-2)5-8(6)10(11,12)13/h3-5H,1-2H3,(H2,14,15,16). The Hall–Kier alpha value is -1.72. The van der Waals surface area contributed by atoms with Crippen molar-refractivity contribution >= 4 is 11.7 Å². The number of hydrogen-bond acceptors (Lipinski definition) is 1. The minimum Gasteiger partial charge on any atom is -0.341 e. The van der Waals surface area contributed by atoms with Gasteiger partial charge in [0.2, 0.25) is 0 Å². The highest BCUT2D eigenvalue weighted by Gasteiger charge is 2.32. The van der Waals surface area contributed by atoms with Gasteiger partial charge in [-0.15, -0.1) is 0 Å². The van der Waals surface area contributed by atoms with Gasteiger partial charge in [-0.2, -0.15) is 13.2 Å². The van der Waals surface area contributed by atoms with Gasteiger partial charge < -0.3 is 10.6 Å². The van der Waals surface area contributed by atoms with E-state index in [4.69, 9.17) is 0 Å². The Bertz CT molecular complexity index is 402. The number of hydrogen-bond donors (Lipinski definition) is 2. The normalized spacial score (nSPS) is 11.1. The highest BCUT2D eigenvalue weighted by Crippen LogP contribution is 2.33. The lowest BCUT2D eigenvalue weighted by Crippen LogP contribution is -2.24. The summed E-state index contributed by atoms with van der Waals surface area (Å²) in [6.45, 7) is 1.37. The number of amides is 2. The summed E-state index contributed by atoms with van der Waals surface area (Å²) in [7, 11) is 1.38. The topological polar surface area (TPSA) is 41.1 Å². The zero-order valence-electron chi connectivity index (χ0n) is 8.77. The van der Waals surface area contributed by atoms with Crippen LogP contribution < -0.4 is 10.6 Å². The Morgan fingerprint density at radius 1 is 1.31 bits per heavy atom. The predicted molar refractivity (Wildman–Crippen MR) is 54.3 cm³/mol. The van der Waals surface area contributed by atoms with Crippen molar-refractivity contribution in [2.75, 3.05) is 12.4 Å². The third-order valence-electron chi connectivity index (χ3n) is 2.03. The molecule has 0 bridgehead atoms. The highest BCUT2D eigenvalue weighted by atomic mass is 19.4. The molecule has 0 saturated carbocycles. The highest BCUT2D eigenvalue weighted by molar-refractivity contribution is 5.89. The smallest absolute Gasteiger partial charge is 0.341 e. The van der Waals surface area contributed by atoms with Crippen molar-refractivity contribution in [3.8, 4) is 0 Å². The minimum absolute atomic E-state index is 0.109. The first-order chi connectivity index (χ1) is 7.34. The SMILES string of the molecule is CNC(=O)Nc1ccc(C)c(C(F)(F)F)c1. The molecule has 1 rings (SSSR count). The Morgan fingerprint density at radius 2 is 1.94 bits per heavy atom. The average molecular weight is 232 g/mol. The number of carbonyl (C=O) groups excluding carboxylic acids is 1. The molecule has 0 saturated heterocycles. The molecule has 0 aromatic heterocycles. The van der Waals surface area contributed by atoms with Gasteiger partial charge in [0.15, 0.2) is 0 Å². The molecule has 88 valence electrons. The van der Waals surface area contributed by atoms with E-state index in [1.54, 1.807) is 0 Å². The summed E-state index contributed by atoms with van der Waals surface area (Å²) in [4.78, 5) is 10.9. The van der Waals surface area contributed by atoms with Gasteiger partial charge in [0.05, 0.1) is 5.56 Å². The number of carbonyl (C=O) groups is 1. The van der Waals surface area contributed by atoms with Crippen molar-refractivity contribution in [3.05, 3.63) is 29.3 Å². The summed E-state index contributed by atoms with van der Waals surface area (Å²) in [5.74, 6) is 0. The quantitative estimate of drug-likeness (QED) is 0.768. The Balaban J connectivity index is 3.03. The second kappa shape index (κ2) is 4.42. The molecule has 3 nitrogen and oxygen atoms in total. The van der Waals surface area contributed by atoms with Crippen molar-refractivity contribution < 1.29 is 18.0 Å². The molecule has 0 aliphatic heterocycles. The van der Waals surface area contributed by atoms with Gasteiger partial charge in [-0.25, -0.2) is 4.79 Å². The van der Waals surface area contributed by atoms with Crippen LogP contribution in [0.2, 0.25) is 0 Å². The number of urea groups is 1. The van der Waals surface area contributed by atoms with Gasteiger partial charge in [-0.1, -0.05) is 6.07 Å². The molecular weight excluding hydrogens is 221 g/mol. The molecular formula is C10H11F3N2O. The van der Waals surface area contributed by atoms with E-state index >= 15 is 0 Å². The summed E-state index contributed by atoms with van der Waals surface area (Å²) in [6.07, 6.45) is -4.41. The lowest BCUT2D eigenvalue weighted by atomic mass is 10.1. The lowest BCUT2D eigenvalue weighted by molar-refractivity contribution is -0.138. The second-order valence-corrected chi connectivity index (χ2v) is 3.23. The first kappa shape index (κ1) is 12.4. The first-order valence-electron chi connectivity index (χ1n) is 4.51. The Labute approximate surface area is 90.6 Å². The molecule has 0 spiro atoms. The van der Waals surface area contributed by atoms with Crippen LogP contribution in [0.25, 0.3) is 0 Å². The van der Waals surface area contributed by atoms with Crippen molar-refractivity contribution in [2.45, 2.75) is 13.1 Å². The molecule has 16 heavy (non-hydrogen) atoms. The molecule has 1 aromatic carbocycles. The number of aryl methyl sites for hydroxylation is 1. The van der Waals surface area contributed by atoms with Crippen LogP contribution >= 0.6 is 0 Å². The van der Waals surface area contributed by atoms with E-state index in [-0.39, 0.29) is 11.3 Å². The number of nitrogens with one attached hydrogen (secondary N) is 2. The maximum absolute atomic E-state index is 12.5. The lowest BCUT2D eigenvalue weighted by Gasteiger charge is -2.12. The van der Waals surface area contributed by atoms with Crippen molar-refractivity contribution in [3.63, 3.8) is 0 Å². The fraction of sp³-hybridized carbons (Fsp3) is 0.300. The van der Waals surface area contributed by atoms with Crippen LogP contribution in [0.3, 0.4) is 0 Å². The van der Waals surface area contributed by atoms with Crippen LogP contribution in [0.4, 0.5) is 23.7 Å². The molecule has 2 N–H and O–H groups in total. The van der Waals surface area contributed by atoms with Gasteiger partial charge in [0.25, 0.3) is 0 Å². The van der Waals surface area contributed by atoms with Crippen LogP contribution in [-0.2, 0) is 6.18 Å². The van der Waals surface area contributed by atoms with Crippen LogP contribution in [0, 0.1) is 6.92 Å². The second-order valence-electron chi connectivity index (χ2n) is 3.23. The summed E-state index contributed by atoms with van der Waals surface area (Å²) in [5, 5.41) is 4.54. The molecule has 6 heteroatoms. The number of alkyl halides is 3. The maximum atomic E-state index is 12.5. The zero-order valence-corrected chi connectivity index (χ0v) is 8.77. The summed E-state index contributed by atoms with van der Waals surface area (Å²) in [5.41, 5.74) is -0.520. The molecule has 2 amide bonds. The van der Waals surface area contributed by atoms with E-state index in [0.29, 0.717) is 0 Å². The van der Waals surface area contributed by atoms with Crippen LogP contribution in [0.1, 0.15) is 11.1 Å². The Morgan fingerprint density at radius 3 is 2.44 bits per heavy atom. The van der Waals surface area contributed by atoms with E-state index in [1.165, 1.54) is 26.1 Å². The molecule has 0 unspecified atom stereocenters. The number of anilines is 1. The first-order valence-corrected chi connectivity index (χ1v) is 4.51. The van der Waals surface area contributed by atoms with E-state index in [0.717, 1.165) is 6.07 Å². The molecule has 1 aromatic rings. The fourth-order valence-corrected chi connectivity index (χ4v) is 1.20. The van der Waals surface area contributed by atoms with Crippen molar-refractivity contribution in [1.82, 2.24) is 5.32 Å². The van der Waals surface area contributed by atoms with Crippen molar-refractivity contribution in [2.24, 2.45) is 0 Å². The van der Waals surface area contributed by atoms with Gasteiger partial charge in [0.1, 0.15) is 0 Å². The monoisotopic (exact) mass is 232 g/mol. The van der Waals surface area contributed by atoms with Crippen LogP contribution in [0.5, 0.6) is 0 Å². The molecule has 0 aliphatic carbocycles. The van der Waals surface area contributed by atoms with E-state index in [1.807, 2.05) is 0 Å². The number of benzene rings is 1. The molecule has 0 atom stereocenters. The van der Waals surface area contributed by atoms with Gasteiger partial charge in [-0.3, -0.25) is 0 Å². The molecule has 0 fully saturated rings. The van der Waals surface area contributed by atoms with Crippen molar-refractivity contribution in [1.29, 1.82) is 0 Å². The van der Waals surface area contributed by atoms with E-state index < -0.39 is 17.8 Å². The molecule has 0 aliphatic rings. The summed E-state index contributed by atoms with van der Waals surface area (Å²) >= 11 is 0. The van der Waals surface area contributed by atoms with Crippen LogP contribution in [-0.4, -0.2) is 13.1 Å². The molecule has 0 radical (unpaired) electrons. The third-order valence-corrected chi connectivity index (χ3v) is 2.03. The predicted octanol–water partition coefficient (Wildman–Crippen LogP) is 2.77. The largest absolute Gasteiger partial charge is 0.416 e. The molecule has 0 heterocycles. The maximum Gasteiger partial charge on any atom is 0.416 e. The summed E-state index contributed by atoms with van der Waals surface area (Å²) in [6, 6.07) is 3.08. The zero-order chi connectivity index (χ0) is 12.3. The van der Waals surface area contributed by atoms with Gasteiger partial charge in [-0.05, 0) is 24.6 Å². The van der Waals surface area contributed by atoms with E-state index in [2.05, 4.69) is 10.6 Å². The van der Waals surface area contributed by atoms with E-state index in [9.17, 15) is 18.0 Å². The third kappa shape index (κ3) is 2.88. The average Bonchev–Trinajstić information content (AvgIpc) is 2.19. The van der Waals surface area contributed by atoms with Gasteiger partial charge in [0, 0.05) is 12.7 Å². The number of rotatable bonds is 1. The Kier molecular flexibility index (Phi) is 3.41. The fourth-order valence-electron chi connectivity index (χ4n) is 1.20. The summed E-state index contributed by atoms with van der Waals surface area (Å²) < 4.78 is 37.6. The number of halogens is 3. The van der Waals surface area contributed by atoms with Gasteiger partial charge >= 0.3 is 12.2 Å². The van der Waals surface area contributed by atoms with Crippen LogP contribution in [0.15, 0.2) is 18.2 Å². The minimum atomic E-state index is -4.41.